The van der Waals surface area contributed by atoms with Gasteiger partial charge in [-0.3, -0.25) is 9.59 Å². The van der Waals surface area contributed by atoms with Crippen LogP contribution in [0.25, 0.3) is 0 Å². The van der Waals surface area contributed by atoms with E-state index in [2.05, 4.69) is 16.7 Å². The number of likely N-dealkylation sites (tertiary alicyclic amines) is 2. The summed E-state index contributed by atoms with van der Waals surface area (Å²) in [5, 5.41) is 0. The quantitative estimate of drug-likeness (QED) is 0.713. The largest absolute Gasteiger partial charge is 0.343 e. The minimum absolute atomic E-state index is 0.145. The van der Waals surface area contributed by atoms with E-state index in [1.807, 2.05) is 11.9 Å². The van der Waals surface area contributed by atoms with Gasteiger partial charge in [0.15, 0.2) is 0 Å². The lowest BCUT2D eigenvalue weighted by molar-refractivity contribution is -0.139. The summed E-state index contributed by atoms with van der Waals surface area (Å²) < 4.78 is 0. The molecule has 0 aromatic carbocycles. The highest BCUT2D eigenvalue weighted by atomic mass is 16.2. The summed E-state index contributed by atoms with van der Waals surface area (Å²) in [5.41, 5.74) is 0. The number of carbonyl (C=O) groups excluding carboxylic acids is 2. The van der Waals surface area contributed by atoms with E-state index < -0.39 is 0 Å². The second-order valence-corrected chi connectivity index (χ2v) is 8.86. The van der Waals surface area contributed by atoms with Crippen molar-refractivity contribution in [1.82, 2.24) is 14.7 Å². The first-order chi connectivity index (χ1) is 13.1. The average Bonchev–Trinajstić information content (AvgIpc) is 3.22. The van der Waals surface area contributed by atoms with E-state index in [4.69, 9.17) is 0 Å². The van der Waals surface area contributed by atoms with Crippen LogP contribution in [0.5, 0.6) is 0 Å². The zero-order valence-electron chi connectivity index (χ0n) is 17.5. The molecule has 0 radical (unpaired) electrons. The Morgan fingerprint density at radius 1 is 0.889 bits per heavy atom. The van der Waals surface area contributed by atoms with Gasteiger partial charge in [0.2, 0.25) is 11.8 Å². The first-order valence-electron chi connectivity index (χ1n) is 11.4. The van der Waals surface area contributed by atoms with Crippen LogP contribution in [0, 0.1) is 5.92 Å². The zero-order chi connectivity index (χ0) is 19.2. The van der Waals surface area contributed by atoms with E-state index in [0.29, 0.717) is 30.8 Å². The number of nitrogens with zero attached hydrogens (tertiary/aromatic N) is 3. The highest BCUT2D eigenvalue weighted by Crippen LogP contribution is 2.34. The molecule has 5 heteroatoms. The molecule has 0 spiro atoms. The molecule has 3 rings (SSSR count). The van der Waals surface area contributed by atoms with Crippen LogP contribution in [-0.4, -0.2) is 71.8 Å². The summed E-state index contributed by atoms with van der Waals surface area (Å²) in [6, 6.07) is 0.793. The number of carbonyl (C=O) groups is 2. The third-order valence-electron chi connectivity index (χ3n) is 7.31. The van der Waals surface area contributed by atoms with Crippen LogP contribution in [0.1, 0.15) is 77.6 Å². The molecule has 0 N–H and O–H groups in total. The second kappa shape index (κ2) is 9.90. The first-order valence-corrected chi connectivity index (χ1v) is 11.4. The van der Waals surface area contributed by atoms with Crippen LogP contribution in [0.3, 0.4) is 0 Å². The number of hydrogen-bond donors (Lipinski definition) is 0. The van der Waals surface area contributed by atoms with Crippen LogP contribution in [0.2, 0.25) is 0 Å². The van der Waals surface area contributed by atoms with Crippen molar-refractivity contribution in [3.63, 3.8) is 0 Å². The van der Waals surface area contributed by atoms with Gasteiger partial charge in [-0.25, -0.2) is 0 Å². The van der Waals surface area contributed by atoms with Gasteiger partial charge in [0, 0.05) is 51.6 Å². The van der Waals surface area contributed by atoms with Gasteiger partial charge in [-0.1, -0.05) is 26.2 Å². The molecule has 1 unspecified atom stereocenters. The maximum atomic E-state index is 12.8. The number of piperidine rings is 1. The Morgan fingerprint density at radius 2 is 1.59 bits per heavy atom. The molecule has 2 heterocycles. The molecule has 1 atom stereocenters. The SMILES string of the molecule is CCN1CCC(N(C)C(=O)CCC(=O)N2CCCC2C2CCCCC2)CC1. The molecule has 0 aromatic rings. The molecule has 5 nitrogen and oxygen atoms in total. The van der Waals surface area contributed by atoms with Gasteiger partial charge in [-0.05, 0) is 51.0 Å². The van der Waals surface area contributed by atoms with E-state index in [-0.39, 0.29) is 11.8 Å². The lowest BCUT2D eigenvalue weighted by Gasteiger charge is -2.36. The molecule has 3 aliphatic rings. The maximum Gasteiger partial charge on any atom is 0.223 e. The lowest BCUT2D eigenvalue weighted by Crippen LogP contribution is -2.46. The fourth-order valence-corrected chi connectivity index (χ4v) is 5.47. The highest BCUT2D eigenvalue weighted by Gasteiger charge is 2.35. The summed E-state index contributed by atoms with van der Waals surface area (Å²) in [6.45, 7) is 6.35. The van der Waals surface area contributed by atoms with E-state index in [9.17, 15) is 9.59 Å². The summed E-state index contributed by atoms with van der Waals surface area (Å²) in [4.78, 5) is 32.0. The predicted octanol–water partition coefficient (Wildman–Crippen LogP) is 3.28. The minimum Gasteiger partial charge on any atom is -0.343 e. The molecule has 154 valence electrons. The Labute approximate surface area is 165 Å². The van der Waals surface area contributed by atoms with Gasteiger partial charge >= 0.3 is 0 Å². The fourth-order valence-electron chi connectivity index (χ4n) is 5.47. The van der Waals surface area contributed by atoms with Gasteiger partial charge in [0.05, 0.1) is 0 Å². The Kier molecular flexibility index (Phi) is 7.57. The third-order valence-corrected chi connectivity index (χ3v) is 7.31. The van der Waals surface area contributed by atoms with Crippen LogP contribution in [0.4, 0.5) is 0 Å². The van der Waals surface area contributed by atoms with Crippen LogP contribution >= 0.6 is 0 Å². The number of amides is 2. The van der Waals surface area contributed by atoms with Gasteiger partial charge in [-0.15, -0.1) is 0 Å². The van der Waals surface area contributed by atoms with Crippen molar-refractivity contribution in [2.75, 3.05) is 33.2 Å². The molecular formula is C22H39N3O2. The molecule has 1 aliphatic carbocycles. The topological polar surface area (TPSA) is 43.9 Å². The molecule has 2 saturated heterocycles. The van der Waals surface area contributed by atoms with Gasteiger partial charge in [0.1, 0.15) is 0 Å². The van der Waals surface area contributed by atoms with E-state index in [1.54, 1.807) is 0 Å². The molecule has 27 heavy (non-hydrogen) atoms. The summed E-state index contributed by atoms with van der Waals surface area (Å²) in [5.74, 6) is 1.06. The molecule has 2 amide bonds. The Balaban J connectivity index is 1.44. The van der Waals surface area contributed by atoms with Crippen LogP contribution in [-0.2, 0) is 9.59 Å². The highest BCUT2D eigenvalue weighted by molar-refractivity contribution is 5.84. The Morgan fingerprint density at radius 3 is 2.26 bits per heavy atom. The average molecular weight is 378 g/mol. The third kappa shape index (κ3) is 5.24. The molecule has 2 aliphatic heterocycles. The minimum atomic E-state index is 0.145. The monoisotopic (exact) mass is 377 g/mol. The van der Waals surface area contributed by atoms with E-state index in [0.717, 1.165) is 45.4 Å². The molecule has 1 saturated carbocycles. The smallest absolute Gasteiger partial charge is 0.223 e. The van der Waals surface area contributed by atoms with Crippen molar-refractivity contribution in [3.8, 4) is 0 Å². The van der Waals surface area contributed by atoms with Gasteiger partial charge in [-0.2, -0.15) is 0 Å². The standard InChI is InChI=1S/C22H39N3O2/c1-3-24-16-13-19(14-17-24)23(2)21(26)11-12-22(27)25-15-7-10-20(25)18-8-5-4-6-9-18/h18-20H,3-17H2,1-2H3. The molecule has 0 aromatic heterocycles. The van der Waals surface area contributed by atoms with Crippen LogP contribution in [0.15, 0.2) is 0 Å². The molecule has 0 bridgehead atoms. The summed E-state index contributed by atoms with van der Waals surface area (Å²) in [6.07, 6.45) is 11.7. The fraction of sp³-hybridized carbons (Fsp3) is 0.909. The summed E-state index contributed by atoms with van der Waals surface area (Å²) >= 11 is 0. The van der Waals surface area contributed by atoms with Crippen molar-refractivity contribution in [2.24, 2.45) is 5.92 Å². The van der Waals surface area contributed by atoms with Crippen molar-refractivity contribution < 1.29 is 9.59 Å². The second-order valence-electron chi connectivity index (χ2n) is 8.86. The number of hydrogen-bond acceptors (Lipinski definition) is 3. The van der Waals surface area contributed by atoms with Crippen molar-refractivity contribution in [3.05, 3.63) is 0 Å². The first kappa shape index (κ1) is 20.6. The van der Waals surface area contributed by atoms with Gasteiger partial charge < -0.3 is 14.7 Å². The van der Waals surface area contributed by atoms with Crippen molar-refractivity contribution in [1.29, 1.82) is 0 Å². The molecular weight excluding hydrogens is 338 g/mol. The van der Waals surface area contributed by atoms with Crippen LogP contribution < -0.4 is 0 Å². The van der Waals surface area contributed by atoms with E-state index in [1.165, 1.54) is 38.5 Å². The van der Waals surface area contributed by atoms with Crippen molar-refractivity contribution in [2.45, 2.75) is 89.6 Å². The maximum absolute atomic E-state index is 12.8. The normalized spacial score (nSPS) is 25.7. The summed E-state index contributed by atoms with van der Waals surface area (Å²) in [7, 11) is 1.93. The Hall–Kier alpha value is -1.10. The lowest BCUT2D eigenvalue weighted by atomic mass is 9.83. The van der Waals surface area contributed by atoms with E-state index >= 15 is 0 Å². The Bertz CT molecular complexity index is 496. The predicted molar refractivity (Wildman–Crippen MR) is 108 cm³/mol. The number of rotatable bonds is 6. The van der Waals surface area contributed by atoms with Gasteiger partial charge in [0.25, 0.3) is 0 Å². The zero-order valence-corrected chi connectivity index (χ0v) is 17.5. The van der Waals surface area contributed by atoms with Crippen molar-refractivity contribution >= 4 is 11.8 Å². The molecule has 3 fully saturated rings.